The predicted octanol–water partition coefficient (Wildman–Crippen LogP) is 0.362. The molecule has 7 heavy (non-hydrogen) atoms. The quantitative estimate of drug-likeness (QED) is 0.473. The zero-order chi connectivity index (χ0) is 4.71. The van der Waals surface area contributed by atoms with Gasteiger partial charge >= 0.3 is 0 Å². The smallest absolute Gasteiger partial charge is 0.0319 e. The molecule has 0 saturated heterocycles. The summed E-state index contributed by atoms with van der Waals surface area (Å²) in [5, 5.41) is 7.00. The van der Waals surface area contributed by atoms with Crippen LogP contribution in [0.2, 0.25) is 0 Å². The SMILES string of the molecule is CCC.CO.N.O. The van der Waals surface area contributed by atoms with Gasteiger partial charge in [0.25, 0.3) is 0 Å². The van der Waals surface area contributed by atoms with Crippen LogP contribution in [0.15, 0.2) is 0 Å². The summed E-state index contributed by atoms with van der Waals surface area (Å²) in [7, 11) is 1.00. The monoisotopic (exact) mass is 111 g/mol. The van der Waals surface area contributed by atoms with Crippen LogP contribution in [0, 0.1) is 0 Å². The molecule has 0 aromatic rings. The molecular formula is C4H17NO2. The van der Waals surface area contributed by atoms with Gasteiger partial charge < -0.3 is 16.7 Å². The van der Waals surface area contributed by atoms with E-state index in [1.54, 1.807) is 0 Å². The molecule has 3 heteroatoms. The molecule has 0 atom stereocenters. The topological polar surface area (TPSA) is 86.7 Å². The number of hydrogen-bond acceptors (Lipinski definition) is 2. The van der Waals surface area contributed by atoms with E-state index in [0.717, 1.165) is 7.11 Å². The molecule has 0 aromatic carbocycles. The van der Waals surface area contributed by atoms with Gasteiger partial charge in [0, 0.05) is 7.11 Å². The Morgan fingerprint density at radius 1 is 1.14 bits per heavy atom. The maximum Gasteiger partial charge on any atom is 0.0319 e. The molecule has 0 saturated carbocycles. The first kappa shape index (κ1) is 28.7. The third-order valence-electron chi connectivity index (χ3n) is 0. The lowest BCUT2D eigenvalue weighted by Crippen LogP contribution is -1.27. The van der Waals surface area contributed by atoms with Gasteiger partial charge in [-0.15, -0.1) is 0 Å². The van der Waals surface area contributed by atoms with Crippen LogP contribution >= 0.6 is 0 Å². The zero-order valence-electron chi connectivity index (χ0n) is 5.36. The van der Waals surface area contributed by atoms with E-state index in [-0.39, 0.29) is 11.6 Å². The Morgan fingerprint density at radius 3 is 1.14 bits per heavy atom. The van der Waals surface area contributed by atoms with Gasteiger partial charge in [-0.1, -0.05) is 20.3 Å². The van der Waals surface area contributed by atoms with Crippen molar-refractivity contribution in [2.24, 2.45) is 0 Å². The van der Waals surface area contributed by atoms with E-state index in [2.05, 4.69) is 13.8 Å². The van der Waals surface area contributed by atoms with Crippen LogP contribution in [0.1, 0.15) is 20.3 Å². The van der Waals surface area contributed by atoms with Crippen LogP contribution < -0.4 is 6.15 Å². The highest BCUT2D eigenvalue weighted by Gasteiger charge is 1.35. The Balaban J connectivity index is -0.0000000105. The summed E-state index contributed by atoms with van der Waals surface area (Å²) >= 11 is 0. The summed E-state index contributed by atoms with van der Waals surface area (Å²) in [5.74, 6) is 0. The number of aliphatic hydroxyl groups excluding tert-OH is 1. The van der Waals surface area contributed by atoms with Crippen molar-refractivity contribution in [2.45, 2.75) is 20.3 Å². The van der Waals surface area contributed by atoms with Crippen molar-refractivity contribution in [3.05, 3.63) is 0 Å². The van der Waals surface area contributed by atoms with E-state index >= 15 is 0 Å². The Kier molecular flexibility index (Phi) is 741. The fourth-order valence-corrected chi connectivity index (χ4v) is 0. The molecule has 0 heterocycles. The fraction of sp³-hybridized carbons (Fsp3) is 1.00. The van der Waals surface area contributed by atoms with Crippen LogP contribution in [-0.4, -0.2) is 17.7 Å². The molecule has 0 fully saturated rings. The van der Waals surface area contributed by atoms with Crippen molar-refractivity contribution < 1.29 is 10.6 Å². The summed E-state index contributed by atoms with van der Waals surface area (Å²) in [6, 6.07) is 0. The maximum atomic E-state index is 7.00. The first-order valence-electron chi connectivity index (χ1n) is 1.86. The average Bonchev–Trinajstić information content (AvgIpc) is 1.46. The van der Waals surface area contributed by atoms with E-state index in [1.807, 2.05) is 0 Å². The summed E-state index contributed by atoms with van der Waals surface area (Å²) in [4.78, 5) is 0. The molecule has 6 N–H and O–H groups in total. The molecule has 0 bridgehead atoms. The minimum absolute atomic E-state index is 0. The lowest BCUT2D eigenvalue weighted by molar-refractivity contribution is 0.399. The van der Waals surface area contributed by atoms with E-state index in [9.17, 15) is 0 Å². The van der Waals surface area contributed by atoms with Crippen molar-refractivity contribution in [3.8, 4) is 0 Å². The largest absolute Gasteiger partial charge is 0.412 e. The van der Waals surface area contributed by atoms with Gasteiger partial charge in [-0.05, 0) is 0 Å². The highest BCUT2D eigenvalue weighted by molar-refractivity contribution is 3.92. The molecule has 0 aliphatic carbocycles. The Morgan fingerprint density at radius 2 is 1.14 bits per heavy atom. The molecule has 0 spiro atoms. The molecule has 0 rings (SSSR count). The maximum absolute atomic E-state index is 7.00. The summed E-state index contributed by atoms with van der Waals surface area (Å²) in [6.45, 7) is 4.25. The lowest BCUT2D eigenvalue weighted by Gasteiger charge is -1.48. The van der Waals surface area contributed by atoms with Crippen molar-refractivity contribution in [2.75, 3.05) is 7.11 Å². The van der Waals surface area contributed by atoms with Crippen molar-refractivity contribution in [1.29, 1.82) is 0 Å². The number of rotatable bonds is 0. The molecule has 0 radical (unpaired) electrons. The van der Waals surface area contributed by atoms with Crippen molar-refractivity contribution >= 4 is 0 Å². The molecule has 0 unspecified atom stereocenters. The lowest BCUT2D eigenvalue weighted by atomic mass is 10.6. The van der Waals surface area contributed by atoms with E-state index in [0.29, 0.717) is 0 Å². The summed E-state index contributed by atoms with van der Waals surface area (Å²) in [6.07, 6.45) is 1.25. The van der Waals surface area contributed by atoms with E-state index in [1.165, 1.54) is 6.42 Å². The predicted molar refractivity (Wildman–Crippen MR) is 32.7 cm³/mol. The Bertz CT molecular complexity index is 9.65. The minimum Gasteiger partial charge on any atom is -0.412 e. The van der Waals surface area contributed by atoms with Gasteiger partial charge in [0.1, 0.15) is 0 Å². The van der Waals surface area contributed by atoms with Crippen LogP contribution in [0.4, 0.5) is 0 Å². The zero-order valence-corrected chi connectivity index (χ0v) is 5.36. The van der Waals surface area contributed by atoms with Gasteiger partial charge in [0.05, 0.1) is 0 Å². The second-order valence-corrected chi connectivity index (χ2v) is 0.707. The van der Waals surface area contributed by atoms with Gasteiger partial charge in [-0.2, -0.15) is 0 Å². The van der Waals surface area contributed by atoms with Gasteiger partial charge in [-0.3, -0.25) is 0 Å². The third kappa shape index (κ3) is 6150. The highest BCUT2D eigenvalue weighted by Crippen LogP contribution is 1.56. The molecular weight excluding hydrogens is 94.0 g/mol. The first-order chi connectivity index (χ1) is 2.41. The molecule has 3 nitrogen and oxygen atoms in total. The normalized spacial score (nSPS) is 3.43. The van der Waals surface area contributed by atoms with Gasteiger partial charge in [0.15, 0.2) is 0 Å². The fourth-order valence-electron chi connectivity index (χ4n) is 0. The standard InChI is InChI=1S/C3H8.CH4O.H3N.H2O/c1-3-2;1-2;;/h3H2,1-2H3;2H,1H3;1H3;1H2. The minimum atomic E-state index is 0. The molecule has 0 aromatic heterocycles. The second kappa shape index (κ2) is 181. The van der Waals surface area contributed by atoms with Crippen LogP contribution in [0.5, 0.6) is 0 Å². The Hall–Kier alpha value is -0.120. The Labute approximate surface area is 45.3 Å². The number of aliphatic hydroxyl groups is 1. The molecule has 0 aliphatic rings. The van der Waals surface area contributed by atoms with Crippen LogP contribution in [-0.2, 0) is 0 Å². The van der Waals surface area contributed by atoms with Crippen LogP contribution in [0.3, 0.4) is 0 Å². The molecule has 0 aliphatic heterocycles. The second-order valence-electron chi connectivity index (χ2n) is 0.707. The third-order valence-corrected chi connectivity index (χ3v) is 0. The molecule has 0 amide bonds. The highest BCUT2D eigenvalue weighted by atomic mass is 16.2. The van der Waals surface area contributed by atoms with Crippen LogP contribution in [0.25, 0.3) is 0 Å². The van der Waals surface area contributed by atoms with E-state index < -0.39 is 0 Å². The first-order valence-corrected chi connectivity index (χ1v) is 1.86. The summed E-state index contributed by atoms with van der Waals surface area (Å²) < 4.78 is 0. The average molecular weight is 111 g/mol. The van der Waals surface area contributed by atoms with E-state index in [4.69, 9.17) is 5.11 Å². The van der Waals surface area contributed by atoms with Crippen molar-refractivity contribution in [3.63, 3.8) is 0 Å². The molecule has 50 valence electrons. The summed E-state index contributed by atoms with van der Waals surface area (Å²) in [5.41, 5.74) is 0. The van der Waals surface area contributed by atoms with Gasteiger partial charge in [0.2, 0.25) is 0 Å². The van der Waals surface area contributed by atoms with Crippen molar-refractivity contribution in [1.82, 2.24) is 6.15 Å². The number of hydrogen-bond donors (Lipinski definition) is 2. The van der Waals surface area contributed by atoms with Gasteiger partial charge in [-0.25, -0.2) is 0 Å².